The van der Waals surface area contributed by atoms with Gasteiger partial charge in [0.25, 0.3) is 5.91 Å². The van der Waals surface area contributed by atoms with Gasteiger partial charge in [-0.3, -0.25) is 9.69 Å². The Morgan fingerprint density at radius 3 is 2.38 bits per heavy atom. The molecule has 0 saturated carbocycles. The van der Waals surface area contributed by atoms with Crippen molar-refractivity contribution in [3.63, 3.8) is 0 Å². The molecular formula is C23H28N2O4. The van der Waals surface area contributed by atoms with Crippen LogP contribution in [0.3, 0.4) is 0 Å². The fourth-order valence-electron chi connectivity index (χ4n) is 3.50. The first-order chi connectivity index (χ1) is 13.9. The van der Waals surface area contributed by atoms with Gasteiger partial charge in [-0.1, -0.05) is 61.5 Å². The average Bonchev–Trinajstić information content (AvgIpc) is 2.94. The third kappa shape index (κ3) is 4.49. The number of carbonyl (C=O) groups excluding carboxylic acids is 2. The van der Waals surface area contributed by atoms with Gasteiger partial charge in [-0.15, -0.1) is 0 Å². The maximum atomic E-state index is 12.5. The molecule has 0 unspecified atom stereocenters. The maximum Gasteiger partial charge on any atom is 0.325 e. The van der Waals surface area contributed by atoms with E-state index in [9.17, 15) is 14.7 Å². The molecule has 2 aromatic carbocycles. The smallest absolute Gasteiger partial charge is 0.325 e. The average molecular weight is 396 g/mol. The molecule has 1 fully saturated rings. The highest BCUT2D eigenvalue weighted by molar-refractivity contribution is 6.06. The van der Waals surface area contributed by atoms with Crippen LogP contribution in [0.5, 0.6) is 0 Å². The molecule has 1 aliphatic heterocycles. The summed E-state index contributed by atoms with van der Waals surface area (Å²) in [5.41, 5.74) is 2.16. The number of hydrogen-bond donors (Lipinski definition) is 2. The zero-order chi connectivity index (χ0) is 21.0. The van der Waals surface area contributed by atoms with E-state index in [2.05, 4.69) is 5.32 Å². The minimum absolute atomic E-state index is 0.00616. The van der Waals surface area contributed by atoms with Crippen LogP contribution in [0.4, 0.5) is 4.79 Å². The Bertz CT molecular complexity index is 870. The number of aliphatic hydroxyl groups is 1. The number of carbonyl (C=O) groups is 2. The van der Waals surface area contributed by atoms with Crippen molar-refractivity contribution < 1.29 is 19.4 Å². The highest BCUT2D eigenvalue weighted by Crippen LogP contribution is 2.29. The van der Waals surface area contributed by atoms with E-state index in [0.29, 0.717) is 6.42 Å². The molecule has 0 aromatic heterocycles. The summed E-state index contributed by atoms with van der Waals surface area (Å²) in [6, 6.07) is 17.3. The van der Waals surface area contributed by atoms with Crippen LogP contribution in [0.15, 0.2) is 54.6 Å². The second kappa shape index (κ2) is 8.76. The lowest BCUT2D eigenvalue weighted by molar-refractivity contribution is -0.132. The largest absolute Gasteiger partial charge is 0.389 e. The number of nitrogens with one attached hydrogen (secondary N) is 1. The first-order valence-corrected chi connectivity index (χ1v) is 9.90. The molecule has 1 heterocycles. The second-order valence-electron chi connectivity index (χ2n) is 7.67. The minimum atomic E-state index is -0.987. The molecule has 1 aliphatic rings. The molecule has 6 nitrogen and oxygen atoms in total. The van der Waals surface area contributed by atoms with Crippen LogP contribution < -0.4 is 5.32 Å². The normalized spacial score (nSPS) is 21.2. The third-order valence-electron chi connectivity index (χ3n) is 5.47. The molecule has 3 atom stereocenters. The monoisotopic (exact) mass is 396 g/mol. The van der Waals surface area contributed by atoms with Gasteiger partial charge in [0.1, 0.15) is 11.6 Å². The summed E-state index contributed by atoms with van der Waals surface area (Å²) in [7, 11) is 0. The lowest BCUT2D eigenvalue weighted by Crippen LogP contribution is -2.44. The predicted molar refractivity (Wildman–Crippen MR) is 110 cm³/mol. The van der Waals surface area contributed by atoms with Crippen LogP contribution in [0.2, 0.25) is 0 Å². The molecule has 3 rings (SSSR count). The number of amides is 3. The number of aryl methyl sites for hydroxylation is 1. The molecule has 0 bridgehead atoms. The van der Waals surface area contributed by atoms with Crippen molar-refractivity contribution in [3.05, 3.63) is 71.3 Å². The Morgan fingerprint density at radius 2 is 1.76 bits per heavy atom. The lowest BCUT2D eigenvalue weighted by atomic mass is 9.97. The van der Waals surface area contributed by atoms with E-state index in [-0.39, 0.29) is 25.2 Å². The highest BCUT2D eigenvalue weighted by atomic mass is 16.5. The highest BCUT2D eigenvalue weighted by Gasteiger charge is 2.46. The summed E-state index contributed by atoms with van der Waals surface area (Å²) >= 11 is 0. The van der Waals surface area contributed by atoms with E-state index in [4.69, 9.17) is 4.74 Å². The van der Waals surface area contributed by atoms with Crippen LogP contribution in [-0.4, -0.2) is 46.7 Å². The molecule has 2 N–H and O–H groups in total. The second-order valence-corrected chi connectivity index (χ2v) is 7.67. The van der Waals surface area contributed by atoms with Gasteiger partial charge >= 0.3 is 6.03 Å². The summed E-state index contributed by atoms with van der Waals surface area (Å²) in [6.07, 6.45) is -0.848. The number of benzene rings is 2. The number of nitrogens with zero attached hydrogens (tertiary/aromatic N) is 1. The first-order valence-electron chi connectivity index (χ1n) is 9.90. The summed E-state index contributed by atoms with van der Waals surface area (Å²) in [5.74, 6) is -0.317. The molecule has 3 amide bonds. The number of rotatable bonds is 8. The van der Waals surface area contributed by atoms with Crippen molar-refractivity contribution in [2.24, 2.45) is 0 Å². The van der Waals surface area contributed by atoms with Gasteiger partial charge in [-0.2, -0.15) is 0 Å². The van der Waals surface area contributed by atoms with Crippen molar-refractivity contribution >= 4 is 11.9 Å². The van der Waals surface area contributed by atoms with Crippen molar-refractivity contribution in [2.75, 3.05) is 13.2 Å². The van der Waals surface area contributed by atoms with Gasteiger partial charge in [-0.05, 0) is 37.0 Å². The SMILES string of the molecule is CC[C@]1(C)NC(=O)N(C[C@H](O)CO[C@H](c2ccccc2)c2ccccc2C)C1=O. The van der Waals surface area contributed by atoms with E-state index in [1.54, 1.807) is 6.92 Å². The van der Waals surface area contributed by atoms with E-state index in [1.165, 1.54) is 0 Å². The number of β-amino-alcohol motifs (C(OH)–C–C–N with tert-alkyl or cyclic N) is 1. The summed E-state index contributed by atoms with van der Waals surface area (Å²) in [4.78, 5) is 25.8. The molecular weight excluding hydrogens is 368 g/mol. The lowest BCUT2D eigenvalue weighted by Gasteiger charge is -2.24. The fraction of sp³-hybridized carbons (Fsp3) is 0.391. The number of urea groups is 1. The molecule has 2 aromatic rings. The topological polar surface area (TPSA) is 78.9 Å². The number of hydrogen-bond acceptors (Lipinski definition) is 4. The van der Waals surface area contributed by atoms with E-state index < -0.39 is 17.7 Å². The Balaban J connectivity index is 1.71. The molecule has 29 heavy (non-hydrogen) atoms. The van der Waals surface area contributed by atoms with Gasteiger partial charge in [0.2, 0.25) is 0 Å². The van der Waals surface area contributed by atoms with E-state index in [0.717, 1.165) is 21.6 Å². The third-order valence-corrected chi connectivity index (χ3v) is 5.47. The molecule has 154 valence electrons. The quantitative estimate of drug-likeness (QED) is 0.672. The Labute approximate surface area is 171 Å². The van der Waals surface area contributed by atoms with Crippen molar-refractivity contribution in [2.45, 2.75) is 44.9 Å². The zero-order valence-electron chi connectivity index (χ0n) is 17.1. The van der Waals surface area contributed by atoms with Crippen molar-refractivity contribution in [1.29, 1.82) is 0 Å². The number of imide groups is 1. The molecule has 0 spiro atoms. The predicted octanol–water partition coefficient (Wildman–Crippen LogP) is 3.18. The van der Waals surface area contributed by atoms with E-state index >= 15 is 0 Å². The van der Waals surface area contributed by atoms with Gasteiger partial charge in [0.05, 0.1) is 19.3 Å². The standard InChI is InChI=1S/C23H28N2O4/c1-4-23(3)21(27)25(22(28)24-23)14-18(26)15-29-20(17-11-6-5-7-12-17)19-13-9-8-10-16(19)2/h5-13,18,20,26H,4,14-15H2,1-3H3,(H,24,28)/t18-,20+,23-/m0/s1. The van der Waals surface area contributed by atoms with E-state index in [1.807, 2.05) is 68.4 Å². The van der Waals surface area contributed by atoms with Crippen LogP contribution in [0.25, 0.3) is 0 Å². The zero-order valence-corrected chi connectivity index (χ0v) is 17.1. The summed E-state index contributed by atoms with van der Waals surface area (Å²) in [6.45, 7) is 5.45. The molecule has 0 radical (unpaired) electrons. The van der Waals surface area contributed by atoms with Crippen LogP contribution in [0, 0.1) is 6.92 Å². The Kier molecular flexibility index (Phi) is 6.35. The number of aliphatic hydroxyl groups excluding tert-OH is 1. The summed E-state index contributed by atoms with van der Waals surface area (Å²) in [5, 5.41) is 13.2. The first kappa shape index (κ1) is 21.0. The van der Waals surface area contributed by atoms with Crippen molar-refractivity contribution in [3.8, 4) is 0 Å². The Hall–Kier alpha value is -2.70. The summed E-state index contributed by atoms with van der Waals surface area (Å²) < 4.78 is 6.10. The molecule has 0 aliphatic carbocycles. The van der Waals surface area contributed by atoms with Crippen LogP contribution in [-0.2, 0) is 9.53 Å². The van der Waals surface area contributed by atoms with Crippen molar-refractivity contribution in [1.82, 2.24) is 10.2 Å². The van der Waals surface area contributed by atoms with Gasteiger partial charge in [0.15, 0.2) is 0 Å². The fourth-order valence-corrected chi connectivity index (χ4v) is 3.50. The Morgan fingerprint density at radius 1 is 1.10 bits per heavy atom. The van der Waals surface area contributed by atoms with Gasteiger partial charge < -0.3 is 15.2 Å². The van der Waals surface area contributed by atoms with Crippen LogP contribution >= 0.6 is 0 Å². The van der Waals surface area contributed by atoms with Gasteiger partial charge in [0, 0.05) is 0 Å². The number of ether oxygens (including phenoxy) is 1. The molecule has 6 heteroatoms. The molecule has 1 saturated heterocycles. The van der Waals surface area contributed by atoms with Gasteiger partial charge in [-0.25, -0.2) is 4.79 Å². The van der Waals surface area contributed by atoms with Crippen LogP contribution in [0.1, 0.15) is 43.1 Å². The maximum absolute atomic E-state index is 12.5. The minimum Gasteiger partial charge on any atom is -0.389 e.